The average molecular weight is 280 g/mol. The minimum absolute atomic E-state index is 0.0801. The molecule has 3 nitrogen and oxygen atoms in total. The van der Waals surface area contributed by atoms with Gasteiger partial charge in [0.15, 0.2) is 0 Å². The lowest BCUT2D eigenvalue weighted by Gasteiger charge is -2.35. The summed E-state index contributed by atoms with van der Waals surface area (Å²) in [5.41, 5.74) is 5.58. The van der Waals surface area contributed by atoms with Gasteiger partial charge in [0, 0.05) is 16.3 Å². The van der Waals surface area contributed by atoms with E-state index in [2.05, 4.69) is 31.3 Å². The van der Waals surface area contributed by atoms with E-state index in [1.165, 1.54) is 16.2 Å². The Bertz CT molecular complexity index is 435. The molecule has 1 heterocycles. The van der Waals surface area contributed by atoms with Crippen LogP contribution in [0.15, 0.2) is 12.1 Å². The summed E-state index contributed by atoms with van der Waals surface area (Å²) in [4.78, 5) is 15.1. The van der Waals surface area contributed by atoms with Crippen LogP contribution in [0.3, 0.4) is 0 Å². The highest BCUT2D eigenvalue weighted by Gasteiger charge is 2.38. The molecular formula is C15H24N2OS. The van der Waals surface area contributed by atoms with E-state index in [9.17, 15) is 4.79 Å². The lowest BCUT2D eigenvalue weighted by Crippen LogP contribution is -2.47. The van der Waals surface area contributed by atoms with E-state index in [0.717, 1.165) is 25.7 Å². The van der Waals surface area contributed by atoms with E-state index in [1.54, 1.807) is 11.3 Å². The number of hydrogen-bond donors (Lipinski definition) is 2. The van der Waals surface area contributed by atoms with Crippen LogP contribution in [0.5, 0.6) is 0 Å². The Labute approximate surface area is 119 Å². The van der Waals surface area contributed by atoms with Crippen molar-refractivity contribution in [1.82, 2.24) is 5.32 Å². The van der Waals surface area contributed by atoms with E-state index in [-0.39, 0.29) is 17.4 Å². The third-order valence-corrected chi connectivity index (χ3v) is 5.40. The SMILES string of the molecule is Cc1ccc(C(C)NC(=O)C2(CN)CCCCC2)s1. The number of aryl methyl sites for hydroxylation is 1. The van der Waals surface area contributed by atoms with Crippen molar-refractivity contribution >= 4 is 17.2 Å². The molecule has 2 rings (SSSR count). The molecule has 1 saturated carbocycles. The minimum atomic E-state index is -0.321. The highest BCUT2D eigenvalue weighted by Crippen LogP contribution is 2.36. The number of nitrogens with one attached hydrogen (secondary N) is 1. The average Bonchev–Trinajstić information content (AvgIpc) is 2.86. The number of rotatable bonds is 4. The second-order valence-corrected chi connectivity index (χ2v) is 7.01. The molecule has 0 bridgehead atoms. The first-order chi connectivity index (χ1) is 9.07. The normalized spacial score (nSPS) is 19.9. The van der Waals surface area contributed by atoms with Crippen molar-refractivity contribution in [2.45, 2.75) is 52.0 Å². The summed E-state index contributed by atoms with van der Waals surface area (Å²) in [6.07, 6.45) is 5.35. The van der Waals surface area contributed by atoms with Gasteiger partial charge in [-0.15, -0.1) is 11.3 Å². The molecule has 0 aromatic carbocycles. The summed E-state index contributed by atoms with van der Waals surface area (Å²) in [6, 6.07) is 4.28. The molecule has 4 heteroatoms. The van der Waals surface area contributed by atoms with Crippen LogP contribution >= 0.6 is 11.3 Å². The monoisotopic (exact) mass is 280 g/mol. The molecule has 0 spiro atoms. The van der Waals surface area contributed by atoms with Crippen LogP contribution in [0.1, 0.15) is 54.8 Å². The number of thiophene rings is 1. The number of nitrogens with two attached hydrogens (primary N) is 1. The van der Waals surface area contributed by atoms with Crippen LogP contribution < -0.4 is 11.1 Å². The number of amides is 1. The van der Waals surface area contributed by atoms with Gasteiger partial charge >= 0.3 is 0 Å². The molecule has 0 saturated heterocycles. The molecule has 1 unspecified atom stereocenters. The molecular weight excluding hydrogens is 256 g/mol. The maximum Gasteiger partial charge on any atom is 0.227 e. The molecule has 1 aliphatic carbocycles. The first-order valence-corrected chi connectivity index (χ1v) is 7.96. The van der Waals surface area contributed by atoms with Crippen LogP contribution in [-0.2, 0) is 4.79 Å². The predicted octanol–water partition coefficient (Wildman–Crippen LogP) is 3.14. The molecule has 3 N–H and O–H groups in total. The molecule has 1 aromatic rings. The maximum absolute atomic E-state index is 12.6. The lowest BCUT2D eigenvalue weighted by atomic mass is 9.73. The van der Waals surface area contributed by atoms with Gasteiger partial charge in [-0.05, 0) is 38.8 Å². The van der Waals surface area contributed by atoms with E-state index < -0.39 is 0 Å². The van der Waals surface area contributed by atoms with Crippen molar-refractivity contribution in [2.24, 2.45) is 11.1 Å². The topological polar surface area (TPSA) is 55.1 Å². The van der Waals surface area contributed by atoms with Crippen molar-refractivity contribution in [2.75, 3.05) is 6.54 Å². The summed E-state index contributed by atoms with van der Waals surface area (Å²) in [6.45, 7) is 4.61. The van der Waals surface area contributed by atoms with Crippen molar-refractivity contribution < 1.29 is 4.79 Å². The second-order valence-electron chi connectivity index (χ2n) is 5.69. The highest BCUT2D eigenvalue weighted by molar-refractivity contribution is 7.12. The zero-order valence-corrected chi connectivity index (χ0v) is 12.7. The third kappa shape index (κ3) is 3.18. The third-order valence-electron chi connectivity index (χ3n) is 4.22. The standard InChI is InChI=1S/C15H24N2OS/c1-11-6-7-13(19-11)12(2)17-14(18)15(10-16)8-4-3-5-9-15/h6-7,12H,3-5,8-10,16H2,1-2H3,(H,17,18). The van der Waals surface area contributed by atoms with Crippen molar-refractivity contribution in [3.8, 4) is 0 Å². The second kappa shape index (κ2) is 6.06. The van der Waals surface area contributed by atoms with Crippen molar-refractivity contribution in [3.63, 3.8) is 0 Å². The Balaban J connectivity index is 2.03. The number of hydrogen-bond acceptors (Lipinski definition) is 3. The van der Waals surface area contributed by atoms with Gasteiger partial charge in [0.05, 0.1) is 11.5 Å². The molecule has 19 heavy (non-hydrogen) atoms. The number of carbonyl (C=O) groups is 1. The summed E-state index contributed by atoms with van der Waals surface area (Å²) in [7, 11) is 0. The molecule has 106 valence electrons. The molecule has 1 aliphatic rings. The first kappa shape index (κ1) is 14.5. The molecule has 0 aliphatic heterocycles. The highest BCUT2D eigenvalue weighted by atomic mass is 32.1. The van der Waals surface area contributed by atoms with Crippen LogP contribution in [0.25, 0.3) is 0 Å². The first-order valence-electron chi connectivity index (χ1n) is 7.15. The Morgan fingerprint density at radius 2 is 2.11 bits per heavy atom. The van der Waals surface area contributed by atoms with Crippen LogP contribution in [0, 0.1) is 12.3 Å². The Hall–Kier alpha value is -0.870. The largest absolute Gasteiger partial charge is 0.348 e. The molecule has 1 atom stereocenters. The smallest absolute Gasteiger partial charge is 0.227 e. The Morgan fingerprint density at radius 1 is 1.42 bits per heavy atom. The lowest BCUT2D eigenvalue weighted by molar-refractivity contribution is -0.133. The fourth-order valence-electron chi connectivity index (χ4n) is 2.86. The van der Waals surface area contributed by atoms with Crippen LogP contribution in [0.4, 0.5) is 0 Å². The van der Waals surface area contributed by atoms with E-state index >= 15 is 0 Å². The van der Waals surface area contributed by atoms with Gasteiger partial charge in [0.25, 0.3) is 0 Å². The maximum atomic E-state index is 12.6. The fourth-order valence-corrected chi connectivity index (χ4v) is 3.74. The van der Waals surface area contributed by atoms with Crippen molar-refractivity contribution in [3.05, 3.63) is 21.9 Å². The van der Waals surface area contributed by atoms with Gasteiger partial charge in [0.1, 0.15) is 0 Å². The Kier molecular flexibility index (Phi) is 4.63. The molecule has 0 radical (unpaired) electrons. The van der Waals surface area contributed by atoms with E-state index in [0.29, 0.717) is 6.54 Å². The van der Waals surface area contributed by atoms with E-state index in [1.807, 2.05) is 0 Å². The summed E-state index contributed by atoms with van der Waals surface area (Å²) >= 11 is 1.75. The quantitative estimate of drug-likeness (QED) is 0.890. The van der Waals surface area contributed by atoms with Crippen molar-refractivity contribution in [1.29, 1.82) is 0 Å². The molecule has 1 fully saturated rings. The van der Waals surface area contributed by atoms with E-state index in [4.69, 9.17) is 5.73 Å². The number of carbonyl (C=O) groups excluding carboxylic acids is 1. The summed E-state index contributed by atoms with van der Waals surface area (Å²) in [5, 5.41) is 3.16. The molecule has 1 amide bonds. The Morgan fingerprint density at radius 3 is 2.63 bits per heavy atom. The predicted molar refractivity (Wildman–Crippen MR) is 80.2 cm³/mol. The van der Waals surface area contributed by atoms with Gasteiger partial charge in [-0.3, -0.25) is 4.79 Å². The fraction of sp³-hybridized carbons (Fsp3) is 0.667. The summed E-state index contributed by atoms with van der Waals surface area (Å²) < 4.78 is 0. The van der Waals surface area contributed by atoms with Gasteiger partial charge < -0.3 is 11.1 Å². The van der Waals surface area contributed by atoms with Gasteiger partial charge in [-0.1, -0.05) is 19.3 Å². The van der Waals surface area contributed by atoms with Gasteiger partial charge in [-0.25, -0.2) is 0 Å². The van der Waals surface area contributed by atoms with Crippen LogP contribution in [0.2, 0.25) is 0 Å². The molecule has 1 aromatic heterocycles. The summed E-state index contributed by atoms with van der Waals surface area (Å²) in [5.74, 6) is 0.147. The van der Waals surface area contributed by atoms with Gasteiger partial charge in [-0.2, -0.15) is 0 Å². The zero-order chi connectivity index (χ0) is 13.9. The minimum Gasteiger partial charge on any atom is -0.348 e. The zero-order valence-electron chi connectivity index (χ0n) is 11.9. The van der Waals surface area contributed by atoms with Gasteiger partial charge in [0.2, 0.25) is 5.91 Å². The van der Waals surface area contributed by atoms with Crippen LogP contribution in [-0.4, -0.2) is 12.5 Å².